The molecule has 0 rings (SSSR count). The second kappa shape index (κ2) is 13.3. The molecule has 0 N–H and O–H groups in total. The average Bonchev–Trinajstić information content (AvgIpc) is 2.33. The number of hydrogen-bond acceptors (Lipinski definition) is 3. The molecule has 0 aromatic heterocycles. The molecule has 0 unspecified atom stereocenters. The van der Waals surface area contributed by atoms with E-state index in [0.29, 0.717) is 0 Å². The van der Waals surface area contributed by atoms with Gasteiger partial charge >= 0.3 is 117 Å². The quantitative estimate of drug-likeness (QED) is 0.495. The molecule has 0 amide bonds. The second-order valence-electron chi connectivity index (χ2n) is 4.24. The molecule has 5 heteroatoms. The van der Waals surface area contributed by atoms with Gasteiger partial charge < -0.3 is 0 Å². The predicted octanol–water partition coefficient (Wildman–Crippen LogP) is 3.12. The zero-order valence-electron chi connectivity index (χ0n) is 12.0. The zero-order chi connectivity index (χ0) is 12.9. The van der Waals surface area contributed by atoms with Gasteiger partial charge in [0.2, 0.25) is 0 Å². The summed E-state index contributed by atoms with van der Waals surface area (Å²) >= 11 is -1.80. The van der Waals surface area contributed by atoms with Crippen molar-refractivity contribution in [1.29, 1.82) is 0 Å². The summed E-state index contributed by atoms with van der Waals surface area (Å²) in [7, 11) is -1.78. The van der Waals surface area contributed by atoms with Crippen molar-refractivity contribution in [3.63, 3.8) is 0 Å². The summed E-state index contributed by atoms with van der Waals surface area (Å²) in [6, 6.07) is 0. The van der Waals surface area contributed by atoms with Gasteiger partial charge in [-0.2, -0.15) is 0 Å². The Morgan fingerprint density at radius 2 is 1.29 bits per heavy atom. The first kappa shape index (κ1) is 17.9. The Labute approximate surface area is 116 Å². The van der Waals surface area contributed by atoms with Gasteiger partial charge in [0.1, 0.15) is 0 Å². The van der Waals surface area contributed by atoms with Crippen molar-refractivity contribution in [2.24, 2.45) is 0 Å². The van der Waals surface area contributed by atoms with Gasteiger partial charge in [-0.15, -0.1) is 0 Å². The Bertz CT molecular complexity index is 147. The van der Waals surface area contributed by atoms with Crippen LogP contribution in [-0.4, -0.2) is 42.9 Å². The molecule has 0 heterocycles. The monoisotopic (exact) mass is 370 g/mol. The van der Waals surface area contributed by atoms with Gasteiger partial charge in [0.15, 0.2) is 0 Å². The van der Waals surface area contributed by atoms with E-state index >= 15 is 0 Å². The third-order valence-electron chi connectivity index (χ3n) is 2.67. The van der Waals surface area contributed by atoms with Crippen LogP contribution in [0.3, 0.4) is 0 Å². The van der Waals surface area contributed by atoms with Gasteiger partial charge in [0.25, 0.3) is 0 Å². The fraction of sp³-hybridized carbons (Fsp3) is 1.00. The van der Waals surface area contributed by atoms with Crippen LogP contribution in [0.4, 0.5) is 0 Å². The van der Waals surface area contributed by atoms with E-state index in [1.54, 1.807) is 0 Å². The fourth-order valence-electron chi connectivity index (χ4n) is 1.70. The molecule has 104 valence electrons. The van der Waals surface area contributed by atoms with E-state index in [2.05, 4.69) is 13.8 Å². The van der Waals surface area contributed by atoms with Crippen LogP contribution in [0, 0.1) is 0 Å². The Morgan fingerprint density at radius 1 is 0.824 bits per heavy atom. The Kier molecular flexibility index (Phi) is 14.0. The van der Waals surface area contributed by atoms with E-state index < -0.39 is 29.7 Å². The van der Waals surface area contributed by atoms with Crippen molar-refractivity contribution in [1.82, 2.24) is 0 Å². The molecule has 3 nitrogen and oxygen atoms in total. The molecule has 0 saturated heterocycles. The average molecular weight is 369 g/mol. The van der Waals surface area contributed by atoms with Crippen molar-refractivity contribution in [2.45, 2.75) is 62.3 Å². The van der Waals surface area contributed by atoms with Gasteiger partial charge in [0, 0.05) is 0 Å². The molecule has 0 spiro atoms. The Balaban J connectivity index is 4.04. The molecule has 0 aromatic carbocycles. The van der Waals surface area contributed by atoms with Crippen molar-refractivity contribution < 1.29 is 11.6 Å². The first-order valence-electron chi connectivity index (χ1n) is 7.17. The molecule has 17 heavy (non-hydrogen) atoms. The molecular formula is C12H30O3SiSn. The van der Waals surface area contributed by atoms with Crippen LogP contribution in [0.5, 0.6) is 0 Å². The molecule has 0 atom stereocenters. The number of hydrogen-bond donors (Lipinski definition) is 0. The van der Waals surface area contributed by atoms with Gasteiger partial charge in [-0.05, 0) is 0 Å². The van der Waals surface area contributed by atoms with Gasteiger partial charge in [-0.3, -0.25) is 0 Å². The predicted molar refractivity (Wildman–Crippen MR) is 78.1 cm³/mol. The first-order chi connectivity index (χ1) is 8.28. The summed E-state index contributed by atoms with van der Waals surface area (Å²) < 4.78 is 20.2. The summed E-state index contributed by atoms with van der Waals surface area (Å²) in [5.74, 6) is 0. The minimum absolute atomic E-state index is 0.719. The van der Waals surface area contributed by atoms with Gasteiger partial charge in [-0.1, -0.05) is 0 Å². The Hall–Kier alpha value is 0.896. The fourth-order valence-corrected chi connectivity index (χ4v) is 15.2. The maximum absolute atomic E-state index is 6.24. The standard InChI is InChI=1S/C4H11O3Si.2C4H9.Sn.H/c1-3-6-8(5)7-4-2;2*1-3-4-2;;/h8H,3-4H2,1-2H3;2*1,3-4H2,2H3;;/q-1;;;+1;. The van der Waals surface area contributed by atoms with Crippen molar-refractivity contribution in [3.8, 4) is 0 Å². The van der Waals surface area contributed by atoms with E-state index in [1.807, 2.05) is 13.8 Å². The molecule has 0 bridgehead atoms. The molecule has 0 saturated carbocycles. The van der Waals surface area contributed by atoms with Crippen molar-refractivity contribution >= 4 is 29.7 Å². The van der Waals surface area contributed by atoms with Crippen LogP contribution in [0.2, 0.25) is 8.87 Å². The topological polar surface area (TPSA) is 27.7 Å². The van der Waals surface area contributed by atoms with Crippen molar-refractivity contribution in [2.75, 3.05) is 13.2 Å². The maximum atomic E-state index is 6.24. The molecule has 0 radical (unpaired) electrons. The van der Waals surface area contributed by atoms with E-state index in [4.69, 9.17) is 11.6 Å². The summed E-state index contributed by atoms with van der Waals surface area (Å²) in [6.07, 6.45) is 5.20. The molecule has 0 aliphatic carbocycles. The van der Waals surface area contributed by atoms with Crippen LogP contribution >= 0.6 is 0 Å². The normalized spacial score (nSPS) is 11.6. The van der Waals surface area contributed by atoms with Crippen LogP contribution in [0.1, 0.15) is 53.4 Å². The number of unbranched alkanes of at least 4 members (excludes halogenated alkanes) is 2. The van der Waals surface area contributed by atoms with E-state index in [1.165, 1.54) is 34.6 Å². The zero-order valence-corrected chi connectivity index (χ0v) is 16.5. The summed E-state index contributed by atoms with van der Waals surface area (Å²) in [5.41, 5.74) is 0. The van der Waals surface area contributed by atoms with Gasteiger partial charge in [0.05, 0.1) is 0 Å². The third-order valence-corrected chi connectivity index (χ3v) is 15.7. The summed E-state index contributed by atoms with van der Waals surface area (Å²) in [6.45, 7) is 9.98. The molecular weight excluding hydrogens is 339 g/mol. The first-order valence-corrected chi connectivity index (χ1v) is 14.6. The minimum atomic E-state index is -1.80. The molecule has 0 aliphatic rings. The summed E-state index contributed by atoms with van der Waals surface area (Å²) in [4.78, 5) is 0. The SMILES string of the molecule is CCC[CH2][SnH]([CH2]CCC)[O][SiH](OCC)OCC. The summed E-state index contributed by atoms with van der Waals surface area (Å²) in [5, 5.41) is 0. The van der Waals surface area contributed by atoms with E-state index in [9.17, 15) is 0 Å². The van der Waals surface area contributed by atoms with Gasteiger partial charge in [-0.25, -0.2) is 0 Å². The number of rotatable bonds is 12. The molecule has 0 aromatic rings. The van der Waals surface area contributed by atoms with E-state index in [0.717, 1.165) is 13.2 Å². The van der Waals surface area contributed by atoms with Crippen LogP contribution in [-0.2, 0) is 11.6 Å². The second-order valence-corrected chi connectivity index (χ2v) is 14.9. The molecule has 0 aliphatic heterocycles. The van der Waals surface area contributed by atoms with Crippen LogP contribution < -0.4 is 0 Å². The van der Waals surface area contributed by atoms with E-state index in [-0.39, 0.29) is 0 Å². The Morgan fingerprint density at radius 3 is 1.65 bits per heavy atom. The van der Waals surface area contributed by atoms with Crippen LogP contribution in [0.25, 0.3) is 0 Å². The third kappa shape index (κ3) is 10.5. The van der Waals surface area contributed by atoms with Crippen molar-refractivity contribution in [3.05, 3.63) is 0 Å². The molecule has 0 fully saturated rings. The van der Waals surface area contributed by atoms with Crippen LogP contribution in [0.15, 0.2) is 0 Å².